The Bertz CT molecular complexity index is 538. The van der Waals surface area contributed by atoms with Crippen LogP contribution in [0.4, 0.5) is 0 Å². The van der Waals surface area contributed by atoms with Gasteiger partial charge < -0.3 is 9.94 Å². The van der Waals surface area contributed by atoms with Gasteiger partial charge in [0.05, 0.1) is 6.21 Å². The zero-order valence-corrected chi connectivity index (χ0v) is 11.2. The number of benzene rings is 2. The number of ether oxygens (including phenoxy) is 1. The van der Waals surface area contributed by atoms with Gasteiger partial charge in [0.25, 0.3) is 0 Å². The number of rotatable bonds is 4. The fourth-order valence-electron chi connectivity index (χ4n) is 1.51. The van der Waals surface area contributed by atoms with Crippen molar-refractivity contribution in [1.82, 2.24) is 0 Å². The first kappa shape index (κ1) is 12.6. The van der Waals surface area contributed by atoms with E-state index in [1.807, 2.05) is 48.5 Å². The van der Waals surface area contributed by atoms with E-state index in [1.54, 1.807) is 0 Å². The zero-order chi connectivity index (χ0) is 12.8. The number of hydrogen-bond acceptors (Lipinski definition) is 3. The highest BCUT2D eigenvalue weighted by atomic mass is 79.9. The minimum Gasteiger partial charge on any atom is -0.489 e. The Balaban J connectivity index is 1.98. The summed E-state index contributed by atoms with van der Waals surface area (Å²) in [7, 11) is 0. The van der Waals surface area contributed by atoms with Crippen LogP contribution >= 0.6 is 15.9 Å². The highest BCUT2D eigenvalue weighted by molar-refractivity contribution is 9.10. The maximum absolute atomic E-state index is 8.40. The summed E-state index contributed by atoms with van der Waals surface area (Å²) in [6, 6.07) is 15.3. The molecule has 0 bridgehead atoms. The normalized spacial score (nSPS) is 10.7. The molecule has 2 aromatic rings. The molecule has 0 saturated carbocycles. The van der Waals surface area contributed by atoms with Gasteiger partial charge in [-0.1, -0.05) is 33.2 Å². The van der Waals surface area contributed by atoms with Gasteiger partial charge in [-0.05, 0) is 47.5 Å². The molecule has 0 unspecified atom stereocenters. The van der Waals surface area contributed by atoms with E-state index in [4.69, 9.17) is 9.94 Å². The van der Waals surface area contributed by atoms with E-state index in [1.165, 1.54) is 6.21 Å². The topological polar surface area (TPSA) is 41.8 Å². The summed E-state index contributed by atoms with van der Waals surface area (Å²) < 4.78 is 6.69. The maximum Gasteiger partial charge on any atom is 0.119 e. The van der Waals surface area contributed by atoms with Gasteiger partial charge >= 0.3 is 0 Å². The Morgan fingerprint density at radius 2 is 1.94 bits per heavy atom. The summed E-state index contributed by atoms with van der Waals surface area (Å²) >= 11 is 3.42. The molecule has 0 spiro atoms. The third-order valence-electron chi connectivity index (χ3n) is 2.38. The monoisotopic (exact) mass is 305 g/mol. The summed E-state index contributed by atoms with van der Waals surface area (Å²) in [5.41, 5.74) is 1.93. The lowest BCUT2D eigenvalue weighted by Gasteiger charge is -2.06. The van der Waals surface area contributed by atoms with Gasteiger partial charge in [0.1, 0.15) is 12.4 Å². The average Bonchev–Trinajstić information content (AvgIpc) is 2.38. The van der Waals surface area contributed by atoms with E-state index in [-0.39, 0.29) is 0 Å². The molecule has 3 nitrogen and oxygen atoms in total. The van der Waals surface area contributed by atoms with Crippen LogP contribution < -0.4 is 4.74 Å². The van der Waals surface area contributed by atoms with E-state index < -0.39 is 0 Å². The summed E-state index contributed by atoms with van der Waals surface area (Å²) in [5, 5.41) is 11.4. The van der Waals surface area contributed by atoms with E-state index in [9.17, 15) is 0 Å². The first-order chi connectivity index (χ1) is 8.78. The first-order valence-corrected chi connectivity index (χ1v) is 6.22. The predicted molar refractivity (Wildman–Crippen MR) is 74.3 cm³/mol. The Morgan fingerprint density at radius 3 is 2.61 bits per heavy atom. The SMILES string of the molecule is O/N=C\c1ccc(OCc2cccc(Br)c2)cc1. The summed E-state index contributed by atoms with van der Waals surface area (Å²) in [6.45, 7) is 0.521. The lowest BCUT2D eigenvalue weighted by atomic mass is 10.2. The third-order valence-corrected chi connectivity index (χ3v) is 2.87. The number of hydrogen-bond donors (Lipinski definition) is 1. The van der Waals surface area contributed by atoms with E-state index in [2.05, 4.69) is 21.1 Å². The Kier molecular flexibility index (Phi) is 4.36. The number of halogens is 1. The van der Waals surface area contributed by atoms with E-state index in [0.717, 1.165) is 21.3 Å². The van der Waals surface area contributed by atoms with Crippen molar-refractivity contribution in [2.75, 3.05) is 0 Å². The molecule has 92 valence electrons. The fourth-order valence-corrected chi connectivity index (χ4v) is 1.96. The van der Waals surface area contributed by atoms with Gasteiger partial charge in [-0.25, -0.2) is 0 Å². The molecule has 1 N–H and O–H groups in total. The van der Waals surface area contributed by atoms with E-state index >= 15 is 0 Å². The lowest BCUT2D eigenvalue weighted by molar-refractivity contribution is 0.306. The van der Waals surface area contributed by atoms with Crippen LogP contribution in [0, 0.1) is 0 Å². The Labute approximate surface area is 114 Å². The second-order valence-corrected chi connectivity index (χ2v) is 4.65. The zero-order valence-electron chi connectivity index (χ0n) is 9.58. The van der Waals surface area contributed by atoms with Crippen LogP contribution in [-0.4, -0.2) is 11.4 Å². The molecule has 0 aliphatic heterocycles. The second-order valence-electron chi connectivity index (χ2n) is 3.73. The molecule has 0 aliphatic carbocycles. The van der Waals surface area contributed by atoms with Crippen LogP contribution in [0.5, 0.6) is 5.75 Å². The predicted octanol–water partition coefficient (Wildman–Crippen LogP) is 3.84. The number of nitrogens with zero attached hydrogens (tertiary/aromatic N) is 1. The van der Waals surface area contributed by atoms with Gasteiger partial charge in [0.2, 0.25) is 0 Å². The van der Waals surface area contributed by atoms with Crippen molar-refractivity contribution < 1.29 is 9.94 Å². The molecule has 18 heavy (non-hydrogen) atoms. The highest BCUT2D eigenvalue weighted by Crippen LogP contribution is 2.16. The van der Waals surface area contributed by atoms with Gasteiger partial charge in [-0.15, -0.1) is 0 Å². The molecule has 2 aromatic carbocycles. The van der Waals surface area contributed by atoms with Gasteiger partial charge in [0, 0.05) is 4.47 Å². The summed E-state index contributed by atoms with van der Waals surface area (Å²) in [6.07, 6.45) is 1.37. The minimum atomic E-state index is 0.521. The largest absolute Gasteiger partial charge is 0.489 e. The lowest BCUT2D eigenvalue weighted by Crippen LogP contribution is -1.95. The summed E-state index contributed by atoms with van der Waals surface area (Å²) in [4.78, 5) is 0. The van der Waals surface area contributed by atoms with Crippen LogP contribution in [0.25, 0.3) is 0 Å². The molecule has 0 radical (unpaired) electrons. The van der Waals surface area contributed by atoms with Crippen LogP contribution in [0.1, 0.15) is 11.1 Å². The van der Waals surface area contributed by atoms with E-state index in [0.29, 0.717) is 6.61 Å². The third kappa shape index (κ3) is 3.60. The average molecular weight is 306 g/mol. The van der Waals surface area contributed by atoms with Crippen LogP contribution in [-0.2, 0) is 6.61 Å². The molecule has 0 aromatic heterocycles. The quantitative estimate of drug-likeness (QED) is 0.530. The molecule has 2 rings (SSSR count). The molecule has 0 atom stereocenters. The van der Waals surface area contributed by atoms with Gasteiger partial charge in [-0.2, -0.15) is 0 Å². The van der Waals surface area contributed by atoms with Crippen molar-refractivity contribution in [3.63, 3.8) is 0 Å². The highest BCUT2D eigenvalue weighted by Gasteiger charge is 1.97. The van der Waals surface area contributed by atoms with Crippen molar-refractivity contribution in [2.45, 2.75) is 6.61 Å². The van der Waals surface area contributed by atoms with Crippen molar-refractivity contribution >= 4 is 22.1 Å². The fraction of sp³-hybridized carbons (Fsp3) is 0.0714. The van der Waals surface area contributed by atoms with Crippen molar-refractivity contribution in [1.29, 1.82) is 0 Å². The minimum absolute atomic E-state index is 0.521. The Hall–Kier alpha value is -1.81. The van der Waals surface area contributed by atoms with Gasteiger partial charge in [-0.3, -0.25) is 0 Å². The molecular weight excluding hydrogens is 294 g/mol. The van der Waals surface area contributed by atoms with Crippen LogP contribution in [0.2, 0.25) is 0 Å². The van der Waals surface area contributed by atoms with Crippen molar-refractivity contribution in [2.24, 2.45) is 5.16 Å². The molecule has 0 saturated heterocycles. The van der Waals surface area contributed by atoms with Crippen molar-refractivity contribution in [3.8, 4) is 5.75 Å². The first-order valence-electron chi connectivity index (χ1n) is 5.42. The molecular formula is C14H12BrNO2. The molecule has 0 amide bonds. The number of oxime groups is 1. The molecule has 0 fully saturated rings. The van der Waals surface area contributed by atoms with Gasteiger partial charge in [0.15, 0.2) is 0 Å². The molecule has 4 heteroatoms. The summed E-state index contributed by atoms with van der Waals surface area (Å²) in [5.74, 6) is 0.782. The molecule has 0 heterocycles. The Morgan fingerprint density at radius 1 is 1.17 bits per heavy atom. The second kappa shape index (κ2) is 6.21. The molecule has 0 aliphatic rings. The van der Waals surface area contributed by atoms with Crippen LogP contribution in [0.15, 0.2) is 58.2 Å². The van der Waals surface area contributed by atoms with Crippen molar-refractivity contribution in [3.05, 3.63) is 64.1 Å². The smallest absolute Gasteiger partial charge is 0.119 e. The standard InChI is InChI=1S/C14H12BrNO2/c15-13-3-1-2-12(8-13)10-18-14-6-4-11(5-7-14)9-16-17/h1-9,17H,10H2/b16-9-. The maximum atomic E-state index is 8.40. The van der Waals surface area contributed by atoms with Crippen LogP contribution in [0.3, 0.4) is 0 Å².